The molecule has 1 unspecified atom stereocenters. The molecule has 0 aromatic heterocycles. The molecule has 0 heterocycles. The average Bonchev–Trinajstić information content (AvgIpc) is 2.37. The molecule has 0 saturated carbocycles. The number of hydrogen-bond acceptors (Lipinski definition) is 4. The largest absolute Gasteiger partial charge is 0.326 e. The van der Waals surface area contributed by atoms with Crippen LogP contribution in [0, 0.1) is 21.8 Å². The zero-order valence-corrected chi connectivity index (χ0v) is 10.8. The highest BCUT2D eigenvalue weighted by molar-refractivity contribution is 5.92. The molecule has 104 valence electrons. The summed E-state index contributed by atoms with van der Waals surface area (Å²) in [6, 6.07) is 3.26. The van der Waals surface area contributed by atoms with Crippen LogP contribution in [-0.2, 0) is 4.79 Å². The molecule has 1 amide bonds. The predicted molar refractivity (Wildman–Crippen MR) is 69.4 cm³/mol. The van der Waals surface area contributed by atoms with Gasteiger partial charge in [-0.25, -0.2) is 0 Å². The smallest absolute Gasteiger partial charge is 0.306 e. The van der Waals surface area contributed by atoms with Gasteiger partial charge in [-0.1, -0.05) is 13.8 Å². The fraction of sp³-hybridized carbons (Fsp3) is 0.417. The number of rotatable bonds is 6. The highest BCUT2D eigenvalue weighted by Gasteiger charge is 2.17. The second-order valence-corrected chi connectivity index (χ2v) is 4.12. The summed E-state index contributed by atoms with van der Waals surface area (Å²) < 4.78 is 13.1. The Morgan fingerprint density at radius 2 is 2.21 bits per heavy atom. The van der Waals surface area contributed by atoms with Crippen LogP contribution in [0.5, 0.6) is 0 Å². The number of hydrogen-bond donors (Lipinski definition) is 2. The van der Waals surface area contributed by atoms with Gasteiger partial charge in [0, 0.05) is 24.2 Å². The normalized spacial score (nSPS) is 11.9. The van der Waals surface area contributed by atoms with Gasteiger partial charge >= 0.3 is 5.69 Å². The molecule has 1 atom stereocenters. The van der Waals surface area contributed by atoms with Crippen molar-refractivity contribution < 1.29 is 14.1 Å². The Morgan fingerprint density at radius 1 is 1.53 bits per heavy atom. The molecule has 1 aromatic rings. The van der Waals surface area contributed by atoms with E-state index in [1.165, 1.54) is 6.07 Å². The molecule has 0 aliphatic heterocycles. The third-order valence-corrected chi connectivity index (χ3v) is 2.56. The number of benzene rings is 1. The molecule has 1 rings (SSSR count). The van der Waals surface area contributed by atoms with Gasteiger partial charge in [-0.05, 0) is 18.7 Å². The SMILES string of the molecule is CCNCC(C)C(=O)Nc1ccc(F)c([N+](=O)[O-])c1. The van der Waals surface area contributed by atoms with Crippen molar-refractivity contribution in [2.45, 2.75) is 13.8 Å². The van der Waals surface area contributed by atoms with E-state index >= 15 is 0 Å². The second-order valence-electron chi connectivity index (χ2n) is 4.12. The monoisotopic (exact) mass is 269 g/mol. The van der Waals surface area contributed by atoms with Gasteiger partial charge in [0.15, 0.2) is 0 Å². The minimum atomic E-state index is -0.927. The molecule has 0 aliphatic rings. The Bertz CT molecular complexity index is 479. The number of nitro groups is 1. The topological polar surface area (TPSA) is 84.3 Å². The van der Waals surface area contributed by atoms with Crippen molar-refractivity contribution in [3.63, 3.8) is 0 Å². The van der Waals surface area contributed by atoms with Crippen molar-refractivity contribution >= 4 is 17.3 Å². The summed E-state index contributed by atoms with van der Waals surface area (Å²) in [5, 5.41) is 16.1. The van der Waals surface area contributed by atoms with Crippen LogP contribution < -0.4 is 10.6 Å². The van der Waals surface area contributed by atoms with Crippen molar-refractivity contribution in [1.29, 1.82) is 0 Å². The van der Waals surface area contributed by atoms with Crippen LogP contribution in [0.1, 0.15) is 13.8 Å². The first-order valence-electron chi connectivity index (χ1n) is 5.91. The third kappa shape index (κ3) is 4.29. The first kappa shape index (κ1) is 15.0. The lowest BCUT2D eigenvalue weighted by Crippen LogP contribution is -2.30. The van der Waals surface area contributed by atoms with Gasteiger partial charge in [-0.3, -0.25) is 14.9 Å². The zero-order chi connectivity index (χ0) is 14.4. The maximum absolute atomic E-state index is 13.1. The summed E-state index contributed by atoms with van der Waals surface area (Å²) in [7, 11) is 0. The molecule has 7 heteroatoms. The third-order valence-electron chi connectivity index (χ3n) is 2.56. The van der Waals surface area contributed by atoms with E-state index < -0.39 is 16.4 Å². The van der Waals surface area contributed by atoms with E-state index in [1.54, 1.807) is 6.92 Å². The molecular weight excluding hydrogens is 253 g/mol. The van der Waals surface area contributed by atoms with Gasteiger partial charge in [0.25, 0.3) is 0 Å². The molecule has 0 spiro atoms. The maximum atomic E-state index is 13.1. The Morgan fingerprint density at radius 3 is 2.79 bits per heavy atom. The van der Waals surface area contributed by atoms with E-state index in [1.807, 2.05) is 6.92 Å². The van der Waals surface area contributed by atoms with E-state index in [2.05, 4.69) is 10.6 Å². The van der Waals surface area contributed by atoms with E-state index in [9.17, 15) is 19.3 Å². The summed E-state index contributed by atoms with van der Waals surface area (Å²) in [6.45, 7) is 4.91. The summed E-state index contributed by atoms with van der Waals surface area (Å²) in [6.07, 6.45) is 0. The van der Waals surface area contributed by atoms with E-state index in [-0.39, 0.29) is 17.5 Å². The van der Waals surface area contributed by atoms with Crippen LogP contribution in [0.2, 0.25) is 0 Å². The fourth-order valence-electron chi connectivity index (χ4n) is 1.45. The number of nitrogens with zero attached hydrogens (tertiary/aromatic N) is 1. The lowest BCUT2D eigenvalue weighted by molar-refractivity contribution is -0.387. The highest BCUT2D eigenvalue weighted by Crippen LogP contribution is 2.21. The van der Waals surface area contributed by atoms with Gasteiger partial charge in [0.1, 0.15) is 0 Å². The lowest BCUT2D eigenvalue weighted by Gasteiger charge is -2.12. The second kappa shape index (κ2) is 6.79. The standard InChI is InChI=1S/C12H16FN3O3/c1-3-14-7-8(2)12(17)15-9-4-5-10(13)11(6-9)16(18)19/h4-6,8,14H,3,7H2,1-2H3,(H,15,17). The van der Waals surface area contributed by atoms with E-state index in [0.29, 0.717) is 6.54 Å². The number of carbonyl (C=O) groups is 1. The minimum Gasteiger partial charge on any atom is -0.326 e. The molecule has 6 nitrogen and oxygen atoms in total. The molecule has 0 radical (unpaired) electrons. The quantitative estimate of drug-likeness (QED) is 0.610. The highest BCUT2D eigenvalue weighted by atomic mass is 19.1. The Hall–Kier alpha value is -2.02. The van der Waals surface area contributed by atoms with Crippen molar-refractivity contribution in [3.05, 3.63) is 34.1 Å². The van der Waals surface area contributed by atoms with Crippen molar-refractivity contribution in [1.82, 2.24) is 5.32 Å². The van der Waals surface area contributed by atoms with Crippen LogP contribution in [0.15, 0.2) is 18.2 Å². The van der Waals surface area contributed by atoms with E-state index in [4.69, 9.17) is 0 Å². The number of amides is 1. The van der Waals surface area contributed by atoms with Crippen LogP contribution in [0.25, 0.3) is 0 Å². The number of carbonyl (C=O) groups excluding carboxylic acids is 1. The number of nitrogens with one attached hydrogen (secondary N) is 2. The molecule has 19 heavy (non-hydrogen) atoms. The van der Waals surface area contributed by atoms with Gasteiger partial charge in [-0.15, -0.1) is 0 Å². The zero-order valence-electron chi connectivity index (χ0n) is 10.8. The summed E-state index contributed by atoms with van der Waals surface area (Å²) in [5.74, 6) is -1.49. The summed E-state index contributed by atoms with van der Waals surface area (Å²) in [5.41, 5.74) is -0.446. The van der Waals surface area contributed by atoms with Crippen LogP contribution >= 0.6 is 0 Å². The summed E-state index contributed by atoms with van der Waals surface area (Å²) >= 11 is 0. The molecule has 0 bridgehead atoms. The van der Waals surface area contributed by atoms with Crippen LogP contribution in [-0.4, -0.2) is 23.9 Å². The number of nitro benzene ring substituents is 1. The van der Waals surface area contributed by atoms with Crippen molar-refractivity contribution in [2.24, 2.45) is 5.92 Å². The Kier molecular flexibility index (Phi) is 5.37. The van der Waals surface area contributed by atoms with Crippen molar-refractivity contribution in [2.75, 3.05) is 18.4 Å². The van der Waals surface area contributed by atoms with Gasteiger partial charge < -0.3 is 10.6 Å². The molecule has 0 fully saturated rings. The average molecular weight is 269 g/mol. The Balaban J connectivity index is 2.74. The summed E-state index contributed by atoms with van der Waals surface area (Å²) in [4.78, 5) is 21.5. The van der Waals surface area contributed by atoms with Gasteiger partial charge in [-0.2, -0.15) is 4.39 Å². The lowest BCUT2D eigenvalue weighted by atomic mass is 10.1. The molecule has 1 aromatic carbocycles. The van der Waals surface area contributed by atoms with Crippen LogP contribution in [0.4, 0.5) is 15.8 Å². The molecular formula is C12H16FN3O3. The number of halogens is 1. The Labute approximate surface area is 110 Å². The van der Waals surface area contributed by atoms with Gasteiger partial charge in [0.2, 0.25) is 11.7 Å². The predicted octanol–water partition coefficient (Wildman–Crippen LogP) is 1.92. The number of anilines is 1. The van der Waals surface area contributed by atoms with Crippen LogP contribution in [0.3, 0.4) is 0 Å². The van der Waals surface area contributed by atoms with Crippen molar-refractivity contribution in [3.8, 4) is 0 Å². The molecule has 2 N–H and O–H groups in total. The minimum absolute atomic E-state index is 0.210. The maximum Gasteiger partial charge on any atom is 0.306 e. The van der Waals surface area contributed by atoms with E-state index in [0.717, 1.165) is 18.7 Å². The molecule has 0 aliphatic carbocycles. The molecule has 0 saturated heterocycles. The first-order chi connectivity index (χ1) is 8.95. The fourth-order valence-corrected chi connectivity index (χ4v) is 1.45. The first-order valence-corrected chi connectivity index (χ1v) is 5.91. The van der Waals surface area contributed by atoms with Gasteiger partial charge in [0.05, 0.1) is 4.92 Å².